The van der Waals surface area contributed by atoms with E-state index < -0.39 is 0 Å². The van der Waals surface area contributed by atoms with E-state index >= 15 is 0 Å². The summed E-state index contributed by atoms with van der Waals surface area (Å²) in [6.45, 7) is 6.29. The third kappa shape index (κ3) is 2.73. The monoisotopic (exact) mass is 290 g/mol. The summed E-state index contributed by atoms with van der Waals surface area (Å²) in [6.07, 6.45) is 5.05. The number of thiophene rings is 1. The van der Waals surface area contributed by atoms with Gasteiger partial charge in [0, 0.05) is 19.1 Å². The molecule has 0 saturated heterocycles. The van der Waals surface area contributed by atoms with E-state index in [1.807, 2.05) is 0 Å². The lowest BCUT2D eigenvalue weighted by molar-refractivity contribution is 0.707. The van der Waals surface area contributed by atoms with Crippen LogP contribution in [0.5, 0.6) is 0 Å². The molecule has 0 atom stereocenters. The molecule has 1 N–H and O–H groups in total. The number of rotatable bonds is 7. The van der Waals surface area contributed by atoms with Crippen molar-refractivity contribution in [2.45, 2.75) is 45.6 Å². The Kier molecular flexibility index (Phi) is 4.05. The van der Waals surface area contributed by atoms with E-state index in [1.54, 1.807) is 11.3 Å². The summed E-state index contributed by atoms with van der Waals surface area (Å²) in [6, 6.07) is 2.85. The smallest absolute Gasteiger partial charge is 0.226 e. The maximum absolute atomic E-state index is 4.79. The van der Waals surface area contributed by atoms with Crippen LogP contribution in [0.25, 0.3) is 10.2 Å². The van der Waals surface area contributed by atoms with Crippen LogP contribution in [0.1, 0.15) is 39.5 Å². The predicted molar refractivity (Wildman–Crippen MR) is 86.9 cm³/mol. The fourth-order valence-electron chi connectivity index (χ4n) is 2.47. The summed E-state index contributed by atoms with van der Waals surface area (Å²) in [5, 5.41) is 6.58. The van der Waals surface area contributed by atoms with Crippen LogP contribution in [-0.4, -0.2) is 29.1 Å². The molecular formula is C15H22N4S. The summed E-state index contributed by atoms with van der Waals surface area (Å²) in [5.74, 6) is 1.89. The molecule has 1 aliphatic carbocycles. The first-order chi connectivity index (χ1) is 9.83. The first-order valence-electron chi connectivity index (χ1n) is 7.59. The van der Waals surface area contributed by atoms with Crippen molar-refractivity contribution in [1.82, 2.24) is 9.97 Å². The van der Waals surface area contributed by atoms with Crippen LogP contribution < -0.4 is 10.2 Å². The molecule has 2 aromatic rings. The summed E-state index contributed by atoms with van der Waals surface area (Å²) < 4.78 is 0. The first-order valence-corrected chi connectivity index (χ1v) is 8.47. The van der Waals surface area contributed by atoms with E-state index in [0.29, 0.717) is 6.04 Å². The number of nitrogens with one attached hydrogen (secondary N) is 1. The molecule has 0 bridgehead atoms. The van der Waals surface area contributed by atoms with E-state index in [9.17, 15) is 0 Å². The van der Waals surface area contributed by atoms with Crippen molar-refractivity contribution in [2.75, 3.05) is 23.3 Å². The molecule has 0 amide bonds. The van der Waals surface area contributed by atoms with Gasteiger partial charge in [-0.1, -0.05) is 13.3 Å². The third-order valence-electron chi connectivity index (χ3n) is 3.65. The highest BCUT2D eigenvalue weighted by Gasteiger charge is 2.31. The van der Waals surface area contributed by atoms with E-state index in [1.165, 1.54) is 31.1 Å². The average Bonchev–Trinajstić information content (AvgIpc) is 3.17. The van der Waals surface area contributed by atoms with Gasteiger partial charge in [-0.25, -0.2) is 4.98 Å². The third-order valence-corrected chi connectivity index (χ3v) is 4.46. The number of fused-ring (bicyclic) bond motifs is 1. The van der Waals surface area contributed by atoms with E-state index in [0.717, 1.165) is 29.7 Å². The van der Waals surface area contributed by atoms with E-state index in [-0.39, 0.29) is 0 Å². The second-order valence-electron chi connectivity index (χ2n) is 5.32. The van der Waals surface area contributed by atoms with Crippen LogP contribution in [0.15, 0.2) is 11.4 Å². The van der Waals surface area contributed by atoms with Crippen LogP contribution in [0.3, 0.4) is 0 Å². The van der Waals surface area contributed by atoms with Gasteiger partial charge >= 0.3 is 0 Å². The Morgan fingerprint density at radius 3 is 2.90 bits per heavy atom. The van der Waals surface area contributed by atoms with Crippen molar-refractivity contribution in [1.29, 1.82) is 0 Å². The Morgan fingerprint density at radius 1 is 1.35 bits per heavy atom. The first kappa shape index (κ1) is 13.6. The summed E-state index contributed by atoms with van der Waals surface area (Å²) >= 11 is 1.70. The number of hydrogen-bond donors (Lipinski definition) is 1. The molecular weight excluding hydrogens is 268 g/mol. The summed E-state index contributed by atoms with van der Waals surface area (Å²) in [7, 11) is 0. The van der Waals surface area contributed by atoms with Crippen molar-refractivity contribution in [2.24, 2.45) is 0 Å². The molecule has 1 fully saturated rings. The molecule has 20 heavy (non-hydrogen) atoms. The molecule has 1 saturated carbocycles. The van der Waals surface area contributed by atoms with Crippen LogP contribution in [0, 0.1) is 0 Å². The van der Waals surface area contributed by atoms with Gasteiger partial charge in [-0.05, 0) is 37.6 Å². The van der Waals surface area contributed by atoms with Crippen LogP contribution >= 0.6 is 11.3 Å². The van der Waals surface area contributed by atoms with Gasteiger partial charge in [0.25, 0.3) is 0 Å². The molecule has 5 heteroatoms. The Morgan fingerprint density at radius 2 is 2.20 bits per heavy atom. The van der Waals surface area contributed by atoms with Crippen molar-refractivity contribution in [3.8, 4) is 0 Å². The molecule has 4 nitrogen and oxygen atoms in total. The lowest BCUT2D eigenvalue weighted by Gasteiger charge is -2.24. The Hall–Kier alpha value is -1.36. The van der Waals surface area contributed by atoms with E-state index in [2.05, 4.69) is 40.5 Å². The van der Waals surface area contributed by atoms with Gasteiger partial charge in [-0.2, -0.15) is 4.98 Å². The topological polar surface area (TPSA) is 41.1 Å². The zero-order valence-corrected chi connectivity index (χ0v) is 13.0. The van der Waals surface area contributed by atoms with Gasteiger partial charge < -0.3 is 10.2 Å². The molecule has 1 aliphatic rings. The molecule has 0 unspecified atom stereocenters. The van der Waals surface area contributed by atoms with Gasteiger partial charge in [-0.3, -0.25) is 0 Å². The van der Waals surface area contributed by atoms with Gasteiger partial charge in [0.05, 0.1) is 5.39 Å². The molecule has 108 valence electrons. The molecule has 3 rings (SSSR count). The zero-order valence-electron chi connectivity index (χ0n) is 12.2. The van der Waals surface area contributed by atoms with Gasteiger partial charge in [0.2, 0.25) is 5.95 Å². The van der Waals surface area contributed by atoms with Gasteiger partial charge in [-0.15, -0.1) is 11.3 Å². The highest BCUT2D eigenvalue weighted by atomic mass is 32.1. The van der Waals surface area contributed by atoms with Crippen LogP contribution in [0.4, 0.5) is 11.8 Å². The highest BCUT2D eigenvalue weighted by molar-refractivity contribution is 7.16. The molecule has 0 spiro atoms. The fraction of sp³-hybridized carbons (Fsp3) is 0.600. The fourth-order valence-corrected chi connectivity index (χ4v) is 3.23. The number of hydrogen-bond acceptors (Lipinski definition) is 5. The molecule has 2 aromatic heterocycles. The number of nitrogens with zero attached hydrogens (tertiary/aromatic N) is 3. The second-order valence-corrected chi connectivity index (χ2v) is 6.21. The normalized spacial score (nSPS) is 14.7. The molecule has 2 heterocycles. The summed E-state index contributed by atoms with van der Waals surface area (Å²) in [4.78, 5) is 13.0. The maximum atomic E-state index is 4.79. The van der Waals surface area contributed by atoms with Crippen molar-refractivity contribution in [3.05, 3.63) is 11.4 Å². The highest BCUT2D eigenvalue weighted by Crippen LogP contribution is 2.36. The minimum atomic E-state index is 0.689. The Bertz CT molecular complexity index is 576. The van der Waals surface area contributed by atoms with Crippen molar-refractivity contribution < 1.29 is 0 Å². The predicted octanol–water partition coefficient (Wildman–Crippen LogP) is 3.89. The van der Waals surface area contributed by atoms with Gasteiger partial charge in [0.1, 0.15) is 10.6 Å². The largest absolute Gasteiger partial charge is 0.354 e. The van der Waals surface area contributed by atoms with Crippen molar-refractivity contribution in [3.63, 3.8) is 0 Å². The molecule has 0 radical (unpaired) electrons. The standard InChI is InChI=1S/C15H22N4S/c1-3-5-9-19(11-6-7-11)13-12-8-10-20-14(12)18-15(17-13)16-4-2/h8,10-11H,3-7,9H2,1-2H3,(H,16,17,18). The second kappa shape index (κ2) is 5.95. The number of aromatic nitrogens is 2. The van der Waals surface area contributed by atoms with Gasteiger partial charge in [0.15, 0.2) is 0 Å². The van der Waals surface area contributed by atoms with Crippen LogP contribution in [-0.2, 0) is 0 Å². The Labute approximate surface area is 124 Å². The average molecular weight is 290 g/mol. The quantitative estimate of drug-likeness (QED) is 0.840. The number of anilines is 2. The Balaban J connectivity index is 1.99. The lowest BCUT2D eigenvalue weighted by atomic mass is 10.2. The zero-order chi connectivity index (χ0) is 13.9. The minimum Gasteiger partial charge on any atom is -0.354 e. The molecule has 0 aromatic carbocycles. The van der Waals surface area contributed by atoms with Crippen molar-refractivity contribution >= 4 is 33.3 Å². The number of unbranched alkanes of at least 4 members (excludes halogenated alkanes) is 1. The maximum Gasteiger partial charge on any atom is 0.226 e. The lowest BCUT2D eigenvalue weighted by Crippen LogP contribution is -2.28. The minimum absolute atomic E-state index is 0.689. The SMILES string of the molecule is CCCCN(c1nc(NCC)nc2sccc12)C1CC1. The van der Waals surface area contributed by atoms with E-state index in [4.69, 9.17) is 4.98 Å². The molecule has 0 aliphatic heterocycles. The van der Waals surface area contributed by atoms with Crippen LogP contribution in [0.2, 0.25) is 0 Å². The summed E-state index contributed by atoms with van der Waals surface area (Å²) in [5.41, 5.74) is 0.